The Balaban J connectivity index is 1.95. The highest BCUT2D eigenvalue weighted by Gasteiger charge is 2.60. The third kappa shape index (κ3) is 2.02. The van der Waals surface area contributed by atoms with Gasteiger partial charge in [0.05, 0.1) is 0 Å². The lowest BCUT2D eigenvalue weighted by Gasteiger charge is -2.60. The molecule has 3 rings (SSSR count). The van der Waals surface area contributed by atoms with E-state index in [2.05, 4.69) is 26.1 Å². The van der Waals surface area contributed by atoms with Crippen molar-refractivity contribution in [3.8, 4) is 0 Å². The molecule has 2 nitrogen and oxygen atoms in total. The summed E-state index contributed by atoms with van der Waals surface area (Å²) in [5, 5.41) is 3.42. The molecule has 3 saturated carbocycles. The third-order valence-corrected chi connectivity index (χ3v) is 6.57. The van der Waals surface area contributed by atoms with Gasteiger partial charge >= 0.3 is 0 Å². The van der Waals surface area contributed by atoms with Gasteiger partial charge in [0.1, 0.15) is 0 Å². The summed E-state index contributed by atoms with van der Waals surface area (Å²) >= 11 is 0. The van der Waals surface area contributed by atoms with Crippen LogP contribution in [0.2, 0.25) is 0 Å². The number of carbonyl (C=O) groups is 1. The minimum Gasteiger partial charge on any atom is -0.351 e. The van der Waals surface area contributed by atoms with Crippen molar-refractivity contribution in [3.63, 3.8) is 0 Å². The predicted molar refractivity (Wildman–Crippen MR) is 77.7 cm³/mol. The number of hydrogen-bond acceptors (Lipinski definition) is 1. The standard InChI is InChI=1S/C17H29NO/c1-12(19)18-17-8-5-7-16(4,11-17)9-6-13-14(17)10-15(13,2)3/h13-14H,5-11H2,1-4H3,(H,18,19)/t13-,14+,16+,17-/m1/s1. The average molecular weight is 263 g/mol. The van der Waals surface area contributed by atoms with Gasteiger partial charge in [0, 0.05) is 12.5 Å². The number of amides is 1. The first-order chi connectivity index (χ1) is 8.77. The lowest BCUT2D eigenvalue weighted by molar-refractivity contribution is -0.128. The van der Waals surface area contributed by atoms with Crippen LogP contribution < -0.4 is 5.32 Å². The fourth-order valence-corrected chi connectivity index (χ4v) is 5.77. The Hall–Kier alpha value is -0.530. The molecule has 0 aliphatic heterocycles. The van der Waals surface area contributed by atoms with E-state index in [4.69, 9.17) is 0 Å². The molecular formula is C17H29NO. The van der Waals surface area contributed by atoms with Crippen molar-refractivity contribution in [1.29, 1.82) is 0 Å². The summed E-state index contributed by atoms with van der Waals surface area (Å²) in [4.78, 5) is 11.7. The lowest BCUT2D eigenvalue weighted by atomic mass is 9.48. The van der Waals surface area contributed by atoms with E-state index in [0.29, 0.717) is 10.8 Å². The van der Waals surface area contributed by atoms with E-state index in [9.17, 15) is 4.79 Å². The van der Waals surface area contributed by atoms with Crippen LogP contribution >= 0.6 is 0 Å². The number of hydrogen-bond donors (Lipinski definition) is 1. The molecule has 19 heavy (non-hydrogen) atoms. The first-order valence-electron chi connectivity index (χ1n) is 8.05. The maximum absolute atomic E-state index is 11.7. The minimum absolute atomic E-state index is 0.121. The molecule has 1 N–H and O–H groups in total. The van der Waals surface area contributed by atoms with Crippen LogP contribution in [0.25, 0.3) is 0 Å². The first kappa shape index (κ1) is 13.5. The molecule has 0 saturated heterocycles. The molecule has 3 aliphatic rings. The molecule has 0 aromatic heterocycles. The van der Waals surface area contributed by atoms with Crippen molar-refractivity contribution in [3.05, 3.63) is 0 Å². The highest BCUT2D eigenvalue weighted by atomic mass is 16.1. The molecule has 108 valence electrons. The molecule has 1 amide bonds. The number of fused-ring (bicyclic) bond motifs is 4. The van der Waals surface area contributed by atoms with E-state index in [0.717, 1.165) is 11.8 Å². The molecule has 4 atom stereocenters. The molecular weight excluding hydrogens is 234 g/mol. The zero-order chi connectivity index (χ0) is 13.9. The van der Waals surface area contributed by atoms with Crippen molar-refractivity contribution in [2.45, 2.75) is 78.2 Å². The summed E-state index contributed by atoms with van der Waals surface area (Å²) in [6.07, 6.45) is 9.10. The summed E-state index contributed by atoms with van der Waals surface area (Å²) in [6, 6.07) is 0. The molecule has 0 radical (unpaired) electrons. The SMILES string of the molecule is CC(=O)N[C@@]12CCC[C@@](C)(CC[C@@H]3[C@@H]1CC3(C)C)C2. The molecule has 3 aliphatic carbocycles. The molecule has 0 aromatic rings. The summed E-state index contributed by atoms with van der Waals surface area (Å²) < 4.78 is 0. The number of rotatable bonds is 1. The van der Waals surface area contributed by atoms with Crippen LogP contribution in [0.4, 0.5) is 0 Å². The molecule has 2 bridgehead atoms. The Morgan fingerprint density at radius 1 is 1.11 bits per heavy atom. The lowest BCUT2D eigenvalue weighted by Crippen LogP contribution is -2.63. The van der Waals surface area contributed by atoms with Crippen molar-refractivity contribution in [2.24, 2.45) is 22.7 Å². The zero-order valence-corrected chi connectivity index (χ0v) is 13.0. The molecule has 3 fully saturated rings. The first-order valence-corrected chi connectivity index (χ1v) is 8.05. The predicted octanol–water partition coefficient (Wildman–Crippen LogP) is 3.90. The Kier molecular flexibility index (Phi) is 2.82. The Morgan fingerprint density at radius 2 is 1.84 bits per heavy atom. The van der Waals surface area contributed by atoms with Crippen molar-refractivity contribution >= 4 is 5.91 Å². The fourth-order valence-electron chi connectivity index (χ4n) is 5.77. The van der Waals surface area contributed by atoms with E-state index in [-0.39, 0.29) is 11.4 Å². The second kappa shape index (κ2) is 3.99. The van der Waals surface area contributed by atoms with Gasteiger partial charge < -0.3 is 5.32 Å². The second-order valence-corrected chi connectivity index (χ2v) is 8.62. The highest BCUT2D eigenvalue weighted by Crippen LogP contribution is 2.64. The zero-order valence-electron chi connectivity index (χ0n) is 13.0. The van der Waals surface area contributed by atoms with Crippen molar-refractivity contribution in [2.75, 3.05) is 0 Å². The van der Waals surface area contributed by atoms with Gasteiger partial charge in [0.15, 0.2) is 0 Å². The van der Waals surface area contributed by atoms with Crippen LogP contribution in [0.5, 0.6) is 0 Å². The van der Waals surface area contributed by atoms with E-state index in [1.807, 2.05) is 0 Å². The van der Waals surface area contributed by atoms with E-state index >= 15 is 0 Å². The molecule has 2 heteroatoms. The fraction of sp³-hybridized carbons (Fsp3) is 0.941. The van der Waals surface area contributed by atoms with Crippen LogP contribution in [0.1, 0.15) is 72.6 Å². The quantitative estimate of drug-likeness (QED) is 0.764. The Bertz CT molecular complexity index is 402. The van der Waals surface area contributed by atoms with Gasteiger partial charge in [0.25, 0.3) is 0 Å². The minimum atomic E-state index is 0.121. The summed E-state index contributed by atoms with van der Waals surface area (Å²) in [6.45, 7) is 9.01. The van der Waals surface area contributed by atoms with Gasteiger partial charge in [-0.05, 0) is 61.2 Å². The van der Waals surface area contributed by atoms with Gasteiger partial charge in [-0.3, -0.25) is 4.79 Å². The molecule has 0 heterocycles. The average Bonchev–Trinajstić information content (AvgIpc) is 2.30. The van der Waals surface area contributed by atoms with Crippen LogP contribution in [0.3, 0.4) is 0 Å². The topological polar surface area (TPSA) is 29.1 Å². The van der Waals surface area contributed by atoms with Crippen molar-refractivity contribution in [1.82, 2.24) is 5.32 Å². The molecule has 0 aromatic carbocycles. The maximum atomic E-state index is 11.7. The summed E-state index contributed by atoms with van der Waals surface area (Å²) in [5.74, 6) is 1.72. The summed E-state index contributed by atoms with van der Waals surface area (Å²) in [5.41, 5.74) is 1.08. The Labute approximate surface area is 117 Å². The van der Waals surface area contributed by atoms with Gasteiger partial charge in [0.2, 0.25) is 5.91 Å². The van der Waals surface area contributed by atoms with Gasteiger partial charge in [-0.25, -0.2) is 0 Å². The smallest absolute Gasteiger partial charge is 0.217 e. The van der Waals surface area contributed by atoms with E-state index in [1.54, 1.807) is 6.92 Å². The largest absolute Gasteiger partial charge is 0.351 e. The third-order valence-electron chi connectivity index (χ3n) is 6.57. The monoisotopic (exact) mass is 263 g/mol. The Morgan fingerprint density at radius 3 is 2.47 bits per heavy atom. The second-order valence-electron chi connectivity index (χ2n) is 8.62. The van der Waals surface area contributed by atoms with E-state index in [1.165, 1.54) is 44.9 Å². The molecule has 0 spiro atoms. The maximum Gasteiger partial charge on any atom is 0.217 e. The van der Waals surface area contributed by atoms with Crippen LogP contribution in [-0.2, 0) is 4.79 Å². The summed E-state index contributed by atoms with van der Waals surface area (Å²) in [7, 11) is 0. The normalized spacial score (nSPS) is 47.6. The van der Waals surface area contributed by atoms with Crippen LogP contribution in [0, 0.1) is 22.7 Å². The van der Waals surface area contributed by atoms with E-state index < -0.39 is 0 Å². The van der Waals surface area contributed by atoms with Crippen LogP contribution in [0.15, 0.2) is 0 Å². The van der Waals surface area contributed by atoms with Gasteiger partial charge in [-0.1, -0.05) is 27.2 Å². The van der Waals surface area contributed by atoms with Gasteiger partial charge in [-0.15, -0.1) is 0 Å². The molecule has 0 unspecified atom stereocenters. The van der Waals surface area contributed by atoms with Crippen molar-refractivity contribution < 1.29 is 4.79 Å². The van der Waals surface area contributed by atoms with Gasteiger partial charge in [-0.2, -0.15) is 0 Å². The van der Waals surface area contributed by atoms with Crippen LogP contribution in [-0.4, -0.2) is 11.4 Å². The highest BCUT2D eigenvalue weighted by molar-refractivity contribution is 5.74. The number of nitrogens with one attached hydrogen (secondary N) is 1. The number of carbonyl (C=O) groups excluding carboxylic acids is 1.